The van der Waals surface area contributed by atoms with Crippen LogP contribution in [-0.4, -0.2) is 49.5 Å². The lowest BCUT2D eigenvalue weighted by molar-refractivity contribution is -0.145. The van der Waals surface area contributed by atoms with E-state index < -0.39 is 86.4 Å². The van der Waals surface area contributed by atoms with Crippen molar-refractivity contribution in [1.82, 2.24) is 0 Å². The lowest BCUT2D eigenvalue weighted by Gasteiger charge is -2.47. The number of ketones is 2. The zero-order chi connectivity index (χ0) is 22.3. The third-order valence-corrected chi connectivity index (χ3v) is 6.23. The van der Waals surface area contributed by atoms with Gasteiger partial charge in [-0.2, -0.15) is 0 Å². The average Bonchev–Trinajstić information content (AvgIpc) is 2.66. The molecule has 1 aromatic carbocycles. The molecule has 0 unspecified atom stereocenters. The Morgan fingerprint density at radius 2 is 1.87 bits per heavy atom. The molecule has 1 aromatic rings. The minimum atomic E-state index is -2.80. The minimum absolute atomic E-state index is 0.132. The number of aliphatic hydroxyl groups is 3. The summed E-state index contributed by atoms with van der Waals surface area (Å²) >= 11 is 0. The maximum Gasteiger partial charge on any atom is 0.255 e. The Bertz CT molecular complexity index is 1130. The average molecular weight is 419 g/mol. The molecule has 1 amide bonds. The van der Waals surface area contributed by atoms with Gasteiger partial charge in [0.15, 0.2) is 11.4 Å². The number of allylic oxidation sites excluding steroid dienone is 1. The first-order chi connectivity index (χ1) is 13.9. The summed E-state index contributed by atoms with van der Waals surface area (Å²) in [7, 11) is 0. The van der Waals surface area contributed by atoms with Gasteiger partial charge in [-0.05, 0) is 18.8 Å². The van der Waals surface area contributed by atoms with Crippen molar-refractivity contribution >= 4 is 23.2 Å². The van der Waals surface area contributed by atoms with Crippen LogP contribution in [-0.2, 0) is 16.0 Å². The Hall–Kier alpha value is -3.44. The molecule has 0 heterocycles. The van der Waals surface area contributed by atoms with Gasteiger partial charge < -0.3 is 37.6 Å². The Labute approximate surface area is 168 Å². The molecule has 4 rings (SSSR count). The van der Waals surface area contributed by atoms with E-state index in [1.54, 1.807) is 0 Å². The second kappa shape index (κ2) is 6.03. The maximum absolute atomic E-state index is 14.4. The summed E-state index contributed by atoms with van der Waals surface area (Å²) < 4.78 is 14.4. The largest absolute Gasteiger partial charge is 0.510 e. The van der Waals surface area contributed by atoms with Gasteiger partial charge >= 0.3 is 0 Å². The number of amides is 1. The van der Waals surface area contributed by atoms with Crippen molar-refractivity contribution in [3.8, 4) is 5.75 Å². The van der Waals surface area contributed by atoms with Crippen LogP contribution in [0.5, 0.6) is 5.75 Å². The minimum Gasteiger partial charge on any atom is -0.510 e. The summed E-state index contributed by atoms with van der Waals surface area (Å²) in [6.45, 7) is 0. The number of carbonyl (C=O) groups excluding carboxylic acids is 3. The summed E-state index contributed by atoms with van der Waals surface area (Å²) in [6, 6.07) is -0.598. The Morgan fingerprint density at radius 3 is 2.47 bits per heavy atom. The van der Waals surface area contributed by atoms with Gasteiger partial charge in [-0.3, -0.25) is 14.4 Å². The van der Waals surface area contributed by atoms with Crippen molar-refractivity contribution in [2.45, 2.75) is 24.5 Å². The number of Topliss-reactive ketones (excluding diaryl/α,β-unsaturated/α-hetero) is 2. The molecule has 11 heteroatoms. The topological polar surface area (TPSA) is 210 Å². The number of nitrogen functional groups attached to an aromatic ring is 1. The number of rotatable bonds is 1. The number of phenols is 1. The molecule has 0 fully saturated rings. The van der Waals surface area contributed by atoms with E-state index in [0.717, 1.165) is 6.07 Å². The molecule has 158 valence electrons. The molecular weight excluding hydrogens is 401 g/mol. The number of primary amides is 1. The Morgan fingerprint density at radius 1 is 1.23 bits per heavy atom. The molecule has 10 nitrogen and oxygen atoms in total. The van der Waals surface area contributed by atoms with Gasteiger partial charge in [0, 0.05) is 23.1 Å². The summed E-state index contributed by atoms with van der Waals surface area (Å²) in [4.78, 5) is 37.5. The van der Waals surface area contributed by atoms with E-state index in [0.29, 0.717) is 0 Å². The molecule has 30 heavy (non-hydrogen) atoms. The quantitative estimate of drug-likeness (QED) is 0.173. The number of benzene rings is 1. The maximum atomic E-state index is 14.4. The van der Waals surface area contributed by atoms with Crippen LogP contribution in [0.4, 0.5) is 10.1 Å². The molecule has 3 aliphatic carbocycles. The molecule has 0 saturated carbocycles. The van der Waals surface area contributed by atoms with E-state index in [-0.39, 0.29) is 18.4 Å². The van der Waals surface area contributed by atoms with Gasteiger partial charge in [0.1, 0.15) is 28.7 Å². The molecule has 0 saturated heterocycles. The van der Waals surface area contributed by atoms with Crippen molar-refractivity contribution in [2.24, 2.45) is 23.3 Å². The first kappa shape index (κ1) is 19.9. The normalized spacial score (nSPS) is 30.7. The monoisotopic (exact) mass is 419 g/mol. The van der Waals surface area contributed by atoms with Crippen LogP contribution >= 0.6 is 0 Å². The molecule has 0 aliphatic heterocycles. The predicted octanol–water partition coefficient (Wildman–Crippen LogP) is -0.761. The fourth-order valence-corrected chi connectivity index (χ4v) is 4.76. The van der Waals surface area contributed by atoms with E-state index in [1.807, 2.05) is 0 Å². The van der Waals surface area contributed by atoms with E-state index in [2.05, 4.69) is 0 Å². The highest BCUT2D eigenvalue weighted by Crippen LogP contribution is 2.51. The van der Waals surface area contributed by atoms with Crippen molar-refractivity contribution in [1.29, 1.82) is 0 Å². The highest BCUT2D eigenvalue weighted by molar-refractivity contribution is 6.24. The number of phenolic OH excluding ortho intramolecular Hbond substituents is 1. The van der Waals surface area contributed by atoms with Crippen molar-refractivity contribution in [3.05, 3.63) is 45.7 Å². The first-order valence-electron chi connectivity index (χ1n) is 8.96. The highest BCUT2D eigenvalue weighted by Gasteiger charge is 2.62. The van der Waals surface area contributed by atoms with E-state index in [4.69, 9.17) is 17.2 Å². The summed E-state index contributed by atoms with van der Waals surface area (Å²) in [6.07, 6.45) is -0.366. The number of fused-ring (bicyclic) bond motifs is 3. The number of hydrogen-bond acceptors (Lipinski definition) is 9. The molecule has 0 bridgehead atoms. The molecule has 0 radical (unpaired) electrons. The third-order valence-electron chi connectivity index (χ3n) is 6.23. The molecule has 0 spiro atoms. The van der Waals surface area contributed by atoms with Gasteiger partial charge in [0.25, 0.3) is 5.91 Å². The van der Waals surface area contributed by atoms with Crippen LogP contribution in [0.2, 0.25) is 0 Å². The predicted molar refractivity (Wildman–Crippen MR) is 98.5 cm³/mol. The second-order valence-electron chi connectivity index (χ2n) is 7.73. The number of hydrogen-bond donors (Lipinski definition) is 7. The van der Waals surface area contributed by atoms with Crippen LogP contribution in [0.15, 0.2) is 28.7 Å². The number of aromatic hydroxyl groups is 1. The smallest absolute Gasteiger partial charge is 0.255 e. The number of halogens is 1. The van der Waals surface area contributed by atoms with Crippen molar-refractivity contribution in [3.63, 3.8) is 0 Å². The van der Waals surface area contributed by atoms with Gasteiger partial charge in [-0.15, -0.1) is 0 Å². The SMILES string of the molecule is NC(=O)C1=C(O)[C@@H](N)[C@@H]2C[C@@H]3Cc4c(F)cc(N)c(O)c4C(=O)C3=C(O)[C@]2(O)C1=O. The second-order valence-corrected chi connectivity index (χ2v) is 7.73. The fraction of sp³-hybridized carbons (Fsp3) is 0.316. The van der Waals surface area contributed by atoms with Crippen LogP contribution in [0.3, 0.4) is 0 Å². The molecular formula is C19H18FN3O7. The van der Waals surface area contributed by atoms with Crippen LogP contribution in [0.1, 0.15) is 22.3 Å². The number of anilines is 1. The highest BCUT2D eigenvalue weighted by atomic mass is 19.1. The molecule has 0 aromatic heterocycles. The van der Waals surface area contributed by atoms with Crippen molar-refractivity contribution < 1.29 is 39.2 Å². The lowest BCUT2D eigenvalue weighted by atomic mass is 9.59. The Balaban J connectivity index is 1.97. The Kier molecular flexibility index (Phi) is 3.99. The summed E-state index contributed by atoms with van der Waals surface area (Å²) in [5.74, 6) is -9.42. The van der Waals surface area contributed by atoms with Crippen molar-refractivity contribution in [2.75, 3.05) is 5.73 Å². The van der Waals surface area contributed by atoms with E-state index in [9.17, 15) is 39.2 Å². The van der Waals surface area contributed by atoms with E-state index in [1.165, 1.54) is 0 Å². The van der Waals surface area contributed by atoms with Gasteiger partial charge in [-0.25, -0.2) is 4.39 Å². The molecule has 3 aliphatic rings. The standard InChI is InChI=1S/C19H18FN3O7/c20-7-3-8(21)13(24)10-5(7)1-4-2-6-12(22)15(26)11(18(23)29)17(28)19(6,30)16(27)9(4)14(10)25/h3-4,6,12,24,26-27,30H,1-2,21-22H2,(H2,23,29)/t4-,6-,12-,19-/m0/s1. The fourth-order valence-electron chi connectivity index (χ4n) is 4.76. The first-order valence-corrected chi connectivity index (χ1v) is 8.96. The van der Waals surface area contributed by atoms with Crippen LogP contribution < -0.4 is 17.2 Å². The molecule has 4 atom stereocenters. The van der Waals surface area contributed by atoms with Crippen LogP contribution in [0, 0.1) is 17.7 Å². The number of carbonyl (C=O) groups is 3. The zero-order valence-corrected chi connectivity index (χ0v) is 15.3. The van der Waals surface area contributed by atoms with Gasteiger partial charge in [-0.1, -0.05) is 0 Å². The molecule has 10 N–H and O–H groups in total. The van der Waals surface area contributed by atoms with Gasteiger partial charge in [0.2, 0.25) is 5.78 Å². The lowest BCUT2D eigenvalue weighted by Crippen LogP contribution is -2.63. The number of aliphatic hydroxyl groups excluding tert-OH is 2. The zero-order valence-electron chi connectivity index (χ0n) is 15.3. The van der Waals surface area contributed by atoms with Gasteiger partial charge in [0.05, 0.1) is 17.3 Å². The van der Waals surface area contributed by atoms with Crippen LogP contribution in [0.25, 0.3) is 0 Å². The summed E-state index contributed by atoms with van der Waals surface area (Å²) in [5.41, 5.74) is 11.3. The van der Waals surface area contributed by atoms with E-state index >= 15 is 0 Å². The summed E-state index contributed by atoms with van der Waals surface area (Å²) in [5, 5.41) is 42.3. The third kappa shape index (κ3) is 2.21. The number of nitrogens with two attached hydrogens (primary N) is 3.